The highest BCUT2D eigenvalue weighted by Gasteiger charge is 2.35. The lowest BCUT2D eigenvalue weighted by molar-refractivity contribution is 0.669. The molecule has 11 aromatic carbocycles. The molecule has 0 N–H and O–H groups in total. The van der Waals surface area contributed by atoms with E-state index < -0.39 is 0 Å². The average Bonchev–Trinajstić information content (AvgIpc) is 4.37. The molecule has 6 aromatic heterocycles. The molecule has 0 aliphatic heterocycles. The molecular formula is C70H40N6O2. The second-order valence-corrected chi connectivity index (χ2v) is 20.7. The fraction of sp³-hybridized carbons (Fsp3) is 0.0286. The molecule has 8 nitrogen and oxygen atoms in total. The van der Waals surface area contributed by atoms with Crippen molar-refractivity contribution in [3.8, 4) is 34.9 Å². The zero-order chi connectivity index (χ0) is 51.7. The monoisotopic (exact) mass is 996 g/mol. The van der Waals surface area contributed by atoms with Gasteiger partial charge in [-0.3, -0.25) is 0 Å². The van der Waals surface area contributed by atoms with Crippen LogP contribution in [0, 0.1) is 36.5 Å². The van der Waals surface area contributed by atoms with Gasteiger partial charge in [0.1, 0.15) is 45.6 Å². The van der Waals surface area contributed by atoms with E-state index in [0.29, 0.717) is 33.9 Å². The molecule has 0 aliphatic rings. The Morgan fingerprint density at radius 2 is 0.590 bits per heavy atom. The first-order valence-electron chi connectivity index (χ1n) is 26.2. The van der Waals surface area contributed by atoms with E-state index in [1.165, 1.54) is 0 Å². The van der Waals surface area contributed by atoms with E-state index in [2.05, 4.69) is 214 Å². The Labute approximate surface area is 443 Å². The lowest BCUT2D eigenvalue weighted by Crippen LogP contribution is -2.17. The van der Waals surface area contributed by atoms with Gasteiger partial charge in [-0.05, 0) is 98.8 Å². The first kappa shape index (κ1) is 42.5. The molecule has 0 unspecified atom stereocenters. The van der Waals surface area contributed by atoms with Crippen LogP contribution in [0.15, 0.2) is 215 Å². The van der Waals surface area contributed by atoms with Gasteiger partial charge in [0.25, 0.3) is 0 Å². The van der Waals surface area contributed by atoms with Crippen molar-refractivity contribution < 1.29 is 8.83 Å². The largest absolute Gasteiger partial charge is 0.456 e. The maximum absolute atomic E-state index is 12.7. The van der Waals surface area contributed by atoms with Crippen molar-refractivity contribution >= 4 is 131 Å². The van der Waals surface area contributed by atoms with Gasteiger partial charge < -0.3 is 27.1 Å². The fourth-order valence-corrected chi connectivity index (χ4v) is 13.3. The van der Waals surface area contributed by atoms with E-state index in [0.717, 1.165) is 142 Å². The molecule has 17 aromatic rings. The van der Waals surface area contributed by atoms with E-state index in [9.17, 15) is 10.5 Å². The van der Waals surface area contributed by atoms with Crippen molar-refractivity contribution in [2.24, 2.45) is 0 Å². The summed E-state index contributed by atoms with van der Waals surface area (Å²) in [4.78, 5) is 0. The minimum atomic E-state index is 0.339. The fourth-order valence-electron chi connectivity index (χ4n) is 13.3. The summed E-state index contributed by atoms with van der Waals surface area (Å²) in [6.45, 7) is 4.23. The van der Waals surface area contributed by atoms with E-state index in [1.807, 2.05) is 36.4 Å². The van der Waals surface area contributed by atoms with Crippen molar-refractivity contribution in [2.75, 3.05) is 0 Å². The van der Waals surface area contributed by atoms with Crippen molar-refractivity contribution in [1.29, 1.82) is 10.5 Å². The minimum absolute atomic E-state index is 0.339. The number of hydrogen-bond acceptors (Lipinski definition) is 4. The van der Waals surface area contributed by atoms with Crippen molar-refractivity contribution in [2.45, 2.75) is 13.8 Å². The molecule has 0 saturated carbocycles. The molecule has 0 spiro atoms. The van der Waals surface area contributed by atoms with Crippen LogP contribution in [0.25, 0.3) is 154 Å². The summed E-state index contributed by atoms with van der Waals surface area (Å²) in [5.41, 5.74) is 15.6. The summed E-state index contributed by atoms with van der Waals surface area (Å²) in [5.74, 6) is 0. The predicted octanol–water partition coefficient (Wildman–Crippen LogP) is 18.2. The van der Waals surface area contributed by atoms with Crippen LogP contribution in [-0.4, -0.2) is 18.3 Å². The Kier molecular flexibility index (Phi) is 8.40. The molecule has 0 aliphatic carbocycles. The van der Waals surface area contributed by atoms with Gasteiger partial charge in [-0.15, -0.1) is 0 Å². The van der Waals surface area contributed by atoms with Crippen LogP contribution in [-0.2, 0) is 0 Å². The minimum Gasteiger partial charge on any atom is -0.456 e. The van der Waals surface area contributed by atoms with E-state index in [1.54, 1.807) is 0 Å². The molecule has 362 valence electrons. The molecule has 6 heterocycles. The number of aromatic nitrogens is 4. The van der Waals surface area contributed by atoms with Crippen LogP contribution in [0.2, 0.25) is 0 Å². The number of furan rings is 2. The first-order chi connectivity index (χ1) is 38.4. The molecule has 0 atom stereocenters. The summed E-state index contributed by atoms with van der Waals surface area (Å²) in [6.07, 6.45) is 0. The highest BCUT2D eigenvalue weighted by Crippen LogP contribution is 2.50. The number of nitriles is 2. The van der Waals surface area contributed by atoms with E-state index in [4.69, 9.17) is 8.83 Å². The second-order valence-electron chi connectivity index (χ2n) is 20.7. The summed E-state index contributed by atoms with van der Waals surface area (Å²) >= 11 is 0. The third-order valence-electron chi connectivity index (χ3n) is 16.5. The lowest BCUT2D eigenvalue weighted by atomic mass is 9.98. The normalized spacial score (nSPS) is 12.2. The summed E-state index contributed by atoms with van der Waals surface area (Å²) in [7, 11) is 0. The molecule has 0 saturated heterocycles. The smallest absolute Gasteiger partial charge is 0.136 e. The van der Waals surface area contributed by atoms with Gasteiger partial charge in [0.15, 0.2) is 0 Å². The summed E-state index contributed by atoms with van der Waals surface area (Å²) in [5, 5.41) is 37.3. The van der Waals surface area contributed by atoms with Gasteiger partial charge in [0.2, 0.25) is 0 Å². The Balaban J connectivity index is 1.19. The maximum atomic E-state index is 12.7. The number of hydrogen-bond donors (Lipinski definition) is 0. The topological polar surface area (TPSA) is 93.6 Å². The van der Waals surface area contributed by atoms with Crippen molar-refractivity contribution in [3.63, 3.8) is 0 Å². The van der Waals surface area contributed by atoms with Crippen LogP contribution in [0.1, 0.15) is 22.3 Å². The van der Waals surface area contributed by atoms with Gasteiger partial charge in [0, 0.05) is 64.6 Å². The Morgan fingerprint density at radius 1 is 0.269 bits per heavy atom. The molecule has 0 fully saturated rings. The second kappa shape index (κ2) is 15.4. The third kappa shape index (κ3) is 5.49. The van der Waals surface area contributed by atoms with E-state index >= 15 is 0 Å². The van der Waals surface area contributed by atoms with Gasteiger partial charge in [-0.25, -0.2) is 0 Å². The number of benzene rings is 11. The number of para-hydroxylation sites is 6. The Bertz CT molecular complexity index is 5380. The average molecular weight is 997 g/mol. The Hall–Kier alpha value is -10.8. The molecule has 0 radical (unpaired) electrons. The maximum Gasteiger partial charge on any atom is 0.136 e. The van der Waals surface area contributed by atoms with Crippen LogP contribution >= 0.6 is 0 Å². The number of fused-ring (bicyclic) bond motifs is 18. The van der Waals surface area contributed by atoms with E-state index in [-0.39, 0.29) is 0 Å². The zero-order valence-electron chi connectivity index (χ0n) is 42.1. The van der Waals surface area contributed by atoms with Crippen molar-refractivity contribution in [1.82, 2.24) is 18.3 Å². The van der Waals surface area contributed by atoms with Crippen molar-refractivity contribution in [3.05, 3.63) is 229 Å². The summed E-state index contributed by atoms with van der Waals surface area (Å²) in [6, 6.07) is 77.8. The molecule has 78 heavy (non-hydrogen) atoms. The number of nitrogens with zero attached hydrogens (tertiary/aromatic N) is 6. The highest BCUT2D eigenvalue weighted by atomic mass is 16.3. The molecule has 0 bridgehead atoms. The molecule has 17 rings (SSSR count). The van der Waals surface area contributed by atoms with Gasteiger partial charge in [-0.2, -0.15) is 10.5 Å². The first-order valence-corrected chi connectivity index (χ1v) is 26.2. The highest BCUT2D eigenvalue weighted by molar-refractivity contribution is 6.21. The van der Waals surface area contributed by atoms with Crippen LogP contribution in [0.4, 0.5) is 0 Å². The summed E-state index contributed by atoms with van der Waals surface area (Å²) < 4.78 is 22.4. The SMILES string of the molecule is Cc1ccc2c(c1)c1cc3oc4ccccc4c3cc1n2-c1c(C#N)c(-n2c3ccccc3c3ccccc32)c(-n2c3ccc(C)cc3c3cc4oc5ccccc5c4cc32)c(-n2c3ccccc3c3ccccc32)c1C#N. The number of rotatable bonds is 4. The van der Waals surface area contributed by atoms with Crippen LogP contribution < -0.4 is 0 Å². The number of aryl methyl sites for hydroxylation is 2. The van der Waals surface area contributed by atoms with Gasteiger partial charge in [0.05, 0.1) is 66.9 Å². The standard InChI is InChI=1S/C70H40N6O2/c1-39-27-29-59-47(31-39)49-35-65-51(45-19-7-13-25-63(45)77-65)33-61(49)75(59)67-53(37-71)68(73-55-21-9-3-15-41(55)42-16-4-10-22-56(42)73)70(69(54(67)38-72)74-57-23-11-5-17-43(57)44-18-6-12-24-58(44)74)76-60-30-28-40(2)32-48(60)50-36-66-52(34-62(50)76)46-20-8-14-26-64(46)78-66/h3-36H,1-2H3. The Morgan fingerprint density at radius 3 is 0.987 bits per heavy atom. The molecule has 8 heteroatoms. The lowest BCUT2D eigenvalue weighted by Gasteiger charge is -2.27. The molecular weight excluding hydrogens is 957 g/mol. The quantitative estimate of drug-likeness (QED) is 0.176. The van der Waals surface area contributed by atoms with Gasteiger partial charge in [-0.1, -0.05) is 132 Å². The third-order valence-corrected chi connectivity index (χ3v) is 16.5. The van der Waals surface area contributed by atoms with Crippen LogP contribution in [0.3, 0.4) is 0 Å². The molecule has 0 amide bonds. The van der Waals surface area contributed by atoms with Gasteiger partial charge >= 0.3 is 0 Å². The zero-order valence-corrected chi connectivity index (χ0v) is 42.1. The predicted molar refractivity (Wildman–Crippen MR) is 317 cm³/mol. The van der Waals surface area contributed by atoms with Crippen LogP contribution in [0.5, 0.6) is 0 Å².